The summed E-state index contributed by atoms with van der Waals surface area (Å²) < 4.78 is 25.6. The molecule has 0 aliphatic heterocycles. The fraction of sp³-hybridized carbons (Fsp3) is 0.333. The molecular formula is C12H16N4O3S. The van der Waals surface area contributed by atoms with Gasteiger partial charge in [0.25, 0.3) is 0 Å². The summed E-state index contributed by atoms with van der Waals surface area (Å²) in [6.45, 7) is -0.301. The highest BCUT2D eigenvalue weighted by molar-refractivity contribution is 7.89. The van der Waals surface area contributed by atoms with Crippen LogP contribution in [0.1, 0.15) is 5.56 Å². The van der Waals surface area contributed by atoms with Crippen molar-refractivity contribution in [1.82, 2.24) is 9.21 Å². The van der Waals surface area contributed by atoms with Crippen LogP contribution in [0.15, 0.2) is 23.1 Å². The zero-order chi connectivity index (χ0) is 15.5. The van der Waals surface area contributed by atoms with Crippen molar-refractivity contribution >= 4 is 21.6 Å². The van der Waals surface area contributed by atoms with E-state index in [1.165, 1.54) is 44.2 Å². The van der Waals surface area contributed by atoms with Crippen LogP contribution in [-0.2, 0) is 14.8 Å². The average molecular weight is 296 g/mol. The number of rotatable bonds is 4. The second kappa shape index (κ2) is 5.90. The van der Waals surface area contributed by atoms with Crippen LogP contribution in [0.25, 0.3) is 0 Å². The first-order chi connectivity index (χ1) is 9.20. The van der Waals surface area contributed by atoms with Crippen LogP contribution in [0.5, 0.6) is 0 Å². The lowest BCUT2D eigenvalue weighted by Crippen LogP contribution is -2.38. The molecule has 0 atom stereocenters. The van der Waals surface area contributed by atoms with E-state index >= 15 is 0 Å². The SMILES string of the molecule is CN(C)C(=O)CN(C)S(=O)(=O)c1ccc(N)cc1C#N. The Labute approximate surface area is 118 Å². The number of carbonyl (C=O) groups is 1. The van der Waals surface area contributed by atoms with E-state index in [1.54, 1.807) is 6.07 Å². The van der Waals surface area contributed by atoms with Crippen LogP contribution in [0.3, 0.4) is 0 Å². The molecule has 20 heavy (non-hydrogen) atoms. The van der Waals surface area contributed by atoms with Crippen molar-refractivity contribution in [1.29, 1.82) is 5.26 Å². The van der Waals surface area contributed by atoms with E-state index in [2.05, 4.69) is 0 Å². The summed E-state index contributed by atoms with van der Waals surface area (Å²) in [6.07, 6.45) is 0. The summed E-state index contributed by atoms with van der Waals surface area (Å²) in [6, 6.07) is 5.74. The zero-order valence-electron chi connectivity index (χ0n) is 11.5. The number of nitrogens with zero attached hydrogens (tertiary/aromatic N) is 3. The fourth-order valence-corrected chi connectivity index (χ4v) is 2.68. The maximum Gasteiger partial charge on any atom is 0.244 e. The van der Waals surface area contributed by atoms with Crippen LogP contribution >= 0.6 is 0 Å². The monoisotopic (exact) mass is 296 g/mol. The predicted octanol–water partition coefficient (Wildman–Crippen LogP) is -0.151. The molecule has 1 rings (SSSR count). The Kier molecular flexibility index (Phi) is 4.70. The molecule has 0 heterocycles. The molecule has 1 aromatic carbocycles. The molecule has 0 unspecified atom stereocenters. The van der Waals surface area contributed by atoms with Crippen molar-refractivity contribution in [3.8, 4) is 6.07 Å². The number of benzene rings is 1. The lowest BCUT2D eigenvalue weighted by Gasteiger charge is -2.19. The molecule has 0 fully saturated rings. The van der Waals surface area contributed by atoms with Crippen molar-refractivity contribution in [2.24, 2.45) is 0 Å². The molecule has 0 saturated carbocycles. The van der Waals surface area contributed by atoms with E-state index in [-0.39, 0.29) is 22.9 Å². The number of nitrogen functional groups attached to an aromatic ring is 1. The highest BCUT2D eigenvalue weighted by atomic mass is 32.2. The number of anilines is 1. The normalized spacial score (nSPS) is 11.2. The minimum absolute atomic E-state index is 0.0471. The molecular weight excluding hydrogens is 280 g/mol. The van der Waals surface area contributed by atoms with Crippen LogP contribution in [-0.4, -0.2) is 51.2 Å². The molecule has 0 saturated heterocycles. The number of amides is 1. The lowest BCUT2D eigenvalue weighted by molar-refractivity contribution is -0.128. The largest absolute Gasteiger partial charge is 0.399 e. The third kappa shape index (κ3) is 3.26. The summed E-state index contributed by atoms with van der Waals surface area (Å²) in [5.41, 5.74) is 5.77. The molecule has 0 bridgehead atoms. The van der Waals surface area contributed by atoms with Gasteiger partial charge in [0.1, 0.15) is 11.0 Å². The van der Waals surface area contributed by atoms with Crippen LogP contribution < -0.4 is 5.73 Å². The van der Waals surface area contributed by atoms with Gasteiger partial charge in [-0.05, 0) is 18.2 Å². The van der Waals surface area contributed by atoms with E-state index in [4.69, 9.17) is 11.0 Å². The maximum atomic E-state index is 12.3. The maximum absolute atomic E-state index is 12.3. The second-order valence-electron chi connectivity index (χ2n) is 4.42. The van der Waals surface area contributed by atoms with Gasteiger partial charge in [0.05, 0.1) is 12.1 Å². The van der Waals surface area contributed by atoms with Crippen LogP contribution in [0.2, 0.25) is 0 Å². The molecule has 1 aromatic rings. The molecule has 0 aromatic heterocycles. The third-order valence-corrected chi connectivity index (χ3v) is 4.53. The zero-order valence-corrected chi connectivity index (χ0v) is 12.3. The topological polar surface area (TPSA) is 108 Å². The first kappa shape index (κ1) is 15.9. The number of nitrogens with two attached hydrogens (primary N) is 1. The minimum atomic E-state index is -3.92. The van der Waals surface area contributed by atoms with Crippen molar-refractivity contribution in [2.75, 3.05) is 33.4 Å². The lowest BCUT2D eigenvalue weighted by atomic mass is 10.2. The van der Waals surface area contributed by atoms with Crippen molar-refractivity contribution in [2.45, 2.75) is 4.90 Å². The second-order valence-corrected chi connectivity index (χ2v) is 6.43. The molecule has 0 radical (unpaired) electrons. The van der Waals surface area contributed by atoms with Gasteiger partial charge >= 0.3 is 0 Å². The number of carbonyl (C=O) groups excluding carboxylic acids is 1. The number of likely N-dealkylation sites (N-methyl/N-ethyl adjacent to an activating group) is 2. The van der Waals surface area contributed by atoms with Crippen molar-refractivity contribution in [3.63, 3.8) is 0 Å². The Bertz CT molecular complexity index is 662. The summed E-state index contributed by atoms with van der Waals surface area (Å²) in [5.74, 6) is -0.356. The van der Waals surface area contributed by atoms with Gasteiger partial charge in [-0.2, -0.15) is 9.57 Å². The predicted molar refractivity (Wildman–Crippen MR) is 74.1 cm³/mol. The van der Waals surface area contributed by atoms with E-state index in [0.717, 1.165) is 4.31 Å². The van der Waals surface area contributed by atoms with Crippen molar-refractivity contribution < 1.29 is 13.2 Å². The van der Waals surface area contributed by atoms with Gasteiger partial charge in [-0.1, -0.05) is 0 Å². The van der Waals surface area contributed by atoms with Gasteiger partial charge in [-0.15, -0.1) is 0 Å². The van der Waals surface area contributed by atoms with E-state index in [0.29, 0.717) is 5.69 Å². The Morgan fingerprint density at radius 3 is 2.45 bits per heavy atom. The molecule has 7 nitrogen and oxygen atoms in total. The Morgan fingerprint density at radius 1 is 1.35 bits per heavy atom. The highest BCUT2D eigenvalue weighted by Crippen LogP contribution is 2.21. The molecule has 0 spiro atoms. The number of hydrogen-bond donors (Lipinski definition) is 1. The Morgan fingerprint density at radius 2 is 1.95 bits per heavy atom. The molecule has 1 amide bonds. The van der Waals surface area contributed by atoms with Crippen molar-refractivity contribution in [3.05, 3.63) is 23.8 Å². The van der Waals surface area contributed by atoms with E-state index < -0.39 is 10.0 Å². The van der Waals surface area contributed by atoms with E-state index in [1.807, 2.05) is 0 Å². The third-order valence-electron chi connectivity index (χ3n) is 2.67. The number of sulfonamides is 1. The molecule has 8 heteroatoms. The van der Waals surface area contributed by atoms with Gasteiger partial charge in [-0.25, -0.2) is 8.42 Å². The summed E-state index contributed by atoms with van der Waals surface area (Å²) in [5, 5.41) is 8.99. The number of nitriles is 1. The van der Waals surface area contributed by atoms with Crippen LogP contribution in [0, 0.1) is 11.3 Å². The van der Waals surface area contributed by atoms with Gasteiger partial charge in [-0.3, -0.25) is 4.79 Å². The molecule has 108 valence electrons. The molecule has 2 N–H and O–H groups in total. The Balaban J connectivity index is 3.18. The first-order valence-corrected chi connectivity index (χ1v) is 7.10. The average Bonchev–Trinajstić information content (AvgIpc) is 2.37. The minimum Gasteiger partial charge on any atom is -0.399 e. The smallest absolute Gasteiger partial charge is 0.244 e. The van der Waals surface area contributed by atoms with Gasteiger partial charge in [0.2, 0.25) is 15.9 Å². The van der Waals surface area contributed by atoms with Gasteiger partial charge in [0.15, 0.2) is 0 Å². The molecule has 0 aliphatic carbocycles. The van der Waals surface area contributed by atoms with Gasteiger partial charge < -0.3 is 10.6 Å². The van der Waals surface area contributed by atoms with Gasteiger partial charge in [0, 0.05) is 26.8 Å². The number of hydrogen-bond acceptors (Lipinski definition) is 5. The first-order valence-electron chi connectivity index (χ1n) is 5.66. The Hall–Kier alpha value is -2.11. The van der Waals surface area contributed by atoms with E-state index in [9.17, 15) is 13.2 Å². The molecule has 0 aliphatic rings. The summed E-state index contributed by atoms with van der Waals surface area (Å²) in [4.78, 5) is 12.7. The van der Waals surface area contributed by atoms with Crippen LogP contribution in [0.4, 0.5) is 5.69 Å². The quantitative estimate of drug-likeness (QED) is 0.777. The fourth-order valence-electron chi connectivity index (χ4n) is 1.44. The summed E-state index contributed by atoms with van der Waals surface area (Å²) >= 11 is 0. The summed E-state index contributed by atoms with van der Waals surface area (Å²) in [7, 11) is 0.436. The standard InChI is InChI=1S/C12H16N4O3S/c1-15(2)12(17)8-16(3)20(18,19)11-5-4-10(14)6-9(11)7-13/h4-6H,8,14H2,1-3H3. The highest BCUT2D eigenvalue weighted by Gasteiger charge is 2.26.